The molecule has 1 aromatic heterocycles. The number of nitrogens with one attached hydrogen (secondary N) is 1. The third-order valence-corrected chi connectivity index (χ3v) is 5.97. The van der Waals surface area contributed by atoms with Crippen LogP contribution in [-0.2, 0) is 16.8 Å². The van der Waals surface area contributed by atoms with Gasteiger partial charge in [0.25, 0.3) is 5.91 Å². The molecule has 2 N–H and O–H groups in total. The van der Waals surface area contributed by atoms with Crippen LogP contribution in [0.25, 0.3) is 11.4 Å². The molecule has 3 aromatic rings. The number of hydrogen-bond acceptors (Lipinski definition) is 6. The van der Waals surface area contributed by atoms with Crippen molar-refractivity contribution >= 4 is 23.4 Å². The summed E-state index contributed by atoms with van der Waals surface area (Å²) in [5, 5.41) is 22.9. The zero-order valence-corrected chi connectivity index (χ0v) is 19.9. The zero-order chi connectivity index (χ0) is 23.3. The lowest BCUT2D eigenvalue weighted by Crippen LogP contribution is -2.21. The summed E-state index contributed by atoms with van der Waals surface area (Å²) >= 11 is 1.33. The van der Waals surface area contributed by atoms with Crippen molar-refractivity contribution in [2.45, 2.75) is 51.7 Å². The van der Waals surface area contributed by atoms with Crippen molar-refractivity contribution in [2.24, 2.45) is 5.10 Å². The highest BCUT2D eigenvalue weighted by atomic mass is 32.2. The highest BCUT2D eigenvalue weighted by molar-refractivity contribution is 7.99. The van der Waals surface area contributed by atoms with Gasteiger partial charge >= 0.3 is 0 Å². The molecular formula is C24H29N5O2S. The van der Waals surface area contributed by atoms with E-state index in [1.54, 1.807) is 31.2 Å². The molecule has 8 heteroatoms. The van der Waals surface area contributed by atoms with Crippen molar-refractivity contribution in [3.63, 3.8) is 0 Å². The number of amides is 1. The molecule has 7 nitrogen and oxygen atoms in total. The van der Waals surface area contributed by atoms with Gasteiger partial charge in [0.05, 0.1) is 11.5 Å². The number of phenols is 1. The van der Waals surface area contributed by atoms with E-state index in [1.165, 1.54) is 17.3 Å². The van der Waals surface area contributed by atoms with Crippen LogP contribution in [0.3, 0.4) is 0 Å². The number of benzene rings is 2. The monoisotopic (exact) mass is 451 g/mol. The molecular weight excluding hydrogens is 422 g/mol. The first-order valence-electron chi connectivity index (χ1n) is 10.5. The molecule has 168 valence electrons. The smallest absolute Gasteiger partial charge is 0.250 e. The summed E-state index contributed by atoms with van der Waals surface area (Å²) in [5.41, 5.74) is 6.40. The highest BCUT2D eigenvalue weighted by Gasteiger charge is 2.17. The molecule has 1 heterocycles. The summed E-state index contributed by atoms with van der Waals surface area (Å²) in [7, 11) is 0. The molecule has 2 aromatic carbocycles. The average molecular weight is 452 g/mol. The molecule has 0 bridgehead atoms. The van der Waals surface area contributed by atoms with Crippen molar-refractivity contribution in [2.75, 3.05) is 5.75 Å². The van der Waals surface area contributed by atoms with Crippen LogP contribution in [0.15, 0.2) is 58.8 Å². The molecule has 0 saturated heterocycles. The number of phenolic OH excluding ortho intramolecular Hbond substituents is 1. The summed E-state index contributed by atoms with van der Waals surface area (Å²) < 4.78 is 2.01. The Kier molecular flexibility index (Phi) is 7.35. The zero-order valence-electron chi connectivity index (χ0n) is 19.1. The third kappa shape index (κ3) is 5.76. The Balaban J connectivity index is 1.64. The van der Waals surface area contributed by atoms with E-state index in [1.807, 2.05) is 11.5 Å². The summed E-state index contributed by atoms with van der Waals surface area (Å²) in [5.74, 6) is 0.923. The van der Waals surface area contributed by atoms with Gasteiger partial charge in [-0.05, 0) is 54.7 Å². The Morgan fingerprint density at radius 2 is 1.75 bits per heavy atom. The summed E-state index contributed by atoms with van der Waals surface area (Å²) in [4.78, 5) is 12.3. The van der Waals surface area contributed by atoms with Crippen LogP contribution >= 0.6 is 11.8 Å². The molecule has 32 heavy (non-hydrogen) atoms. The van der Waals surface area contributed by atoms with Crippen LogP contribution in [0.4, 0.5) is 0 Å². The molecule has 0 aliphatic carbocycles. The van der Waals surface area contributed by atoms with Gasteiger partial charge in [0.2, 0.25) is 0 Å². The number of nitrogens with zero attached hydrogens (tertiary/aromatic N) is 4. The van der Waals surface area contributed by atoms with Crippen molar-refractivity contribution < 1.29 is 9.90 Å². The van der Waals surface area contributed by atoms with E-state index in [2.05, 4.69) is 65.8 Å². The van der Waals surface area contributed by atoms with Crippen LogP contribution < -0.4 is 5.43 Å². The van der Waals surface area contributed by atoms with Gasteiger partial charge in [-0.15, -0.1) is 10.2 Å². The molecule has 0 radical (unpaired) electrons. The molecule has 0 aliphatic rings. The Labute approximate surface area is 193 Å². The quantitative estimate of drug-likeness (QED) is 0.311. The van der Waals surface area contributed by atoms with Crippen LogP contribution in [0, 0.1) is 0 Å². The number of carbonyl (C=O) groups excluding carboxylic acids is 1. The third-order valence-electron chi connectivity index (χ3n) is 5.01. The fourth-order valence-electron chi connectivity index (χ4n) is 3.09. The van der Waals surface area contributed by atoms with E-state index in [0.29, 0.717) is 17.4 Å². The second kappa shape index (κ2) is 9.99. The van der Waals surface area contributed by atoms with E-state index in [-0.39, 0.29) is 22.8 Å². The second-order valence-corrected chi connectivity index (χ2v) is 9.39. The lowest BCUT2D eigenvalue weighted by atomic mass is 9.87. The maximum atomic E-state index is 12.3. The fraction of sp³-hybridized carbons (Fsp3) is 0.333. The van der Waals surface area contributed by atoms with E-state index in [4.69, 9.17) is 0 Å². The Bertz CT molecular complexity index is 1100. The minimum atomic E-state index is -0.227. The maximum absolute atomic E-state index is 12.3. The van der Waals surface area contributed by atoms with Crippen molar-refractivity contribution in [1.82, 2.24) is 20.2 Å². The van der Waals surface area contributed by atoms with Crippen LogP contribution in [-0.4, -0.2) is 37.2 Å². The molecule has 0 fully saturated rings. The molecule has 0 spiro atoms. The van der Waals surface area contributed by atoms with E-state index in [9.17, 15) is 9.90 Å². The van der Waals surface area contributed by atoms with Gasteiger partial charge < -0.3 is 9.67 Å². The van der Waals surface area contributed by atoms with Crippen molar-refractivity contribution in [1.29, 1.82) is 0 Å². The number of aromatic nitrogens is 3. The predicted octanol–water partition coefficient (Wildman–Crippen LogP) is 4.60. The number of thioether (sulfide) groups is 1. The molecule has 3 rings (SSSR count). The summed E-state index contributed by atoms with van der Waals surface area (Å²) in [6.45, 7) is 11.1. The number of rotatable bonds is 7. The minimum Gasteiger partial charge on any atom is -0.508 e. The fourth-order valence-corrected chi connectivity index (χ4v) is 3.88. The molecule has 0 atom stereocenters. The number of hydrogen-bond donors (Lipinski definition) is 2. The van der Waals surface area contributed by atoms with Crippen molar-refractivity contribution in [3.8, 4) is 17.1 Å². The van der Waals surface area contributed by atoms with E-state index >= 15 is 0 Å². The van der Waals surface area contributed by atoms with Gasteiger partial charge in [-0.3, -0.25) is 4.79 Å². The van der Waals surface area contributed by atoms with Crippen molar-refractivity contribution in [3.05, 3.63) is 59.7 Å². The summed E-state index contributed by atoms with van der Waals surface area (Å²) in [6, 6.07) is 15.0. The molecule has 1 amide bonds. The van der Waals surface area contributed by atoms with E-state index in [0.717, 1.165) is 17.0 Å². The summed E-state index contributed by atoms with van der Waals surface area (Å²) in [6.07, 6.45) is 0. The topological polar surface area (TPSA) is 92.4 Å². The Morgan fingerprint density at radius 3 is 2.34 bits per heavy atom. The van der Waals surface area contributed by atoms with Crippen LogP contribution in [0.1, 0.15) is 45.7 Å². The van der Waals surface area contributed by atoms with E-state index < -0.39 is 0 Å². The standard InChI is InChI=1S/C24H29N5O2S/c1-6-29-22(18-7-11-19(12-8-18)24(3,4)5)27-28-23(29)32-15-21(31)26-25-16(2)17-9-13-20(30)14-10-17/h7-14,30H,6,15H2,1-5H3,(H,26,31). The molecule has 0 unspecified atom stereocenters. The van der Waals surface area contributed by atoms with Crippen LogP contribution in [0.2, 0.25) is 0 Å². The average Bonchev–Trinajstić information content (AvgIpc) is 3.19. The van der Waals surface area contributed by atoms with Gasteiger partial charge in [-0.25, -0.2) is 5.43 Å². The second-order valence-electron chi connectivity index (χ2n) is 8.45. The largest absolute Gasteiger partial charge is 0.508 e. The SMILES string of the molecule is CCn1c(SCC(=O)NN=C(C)c2ccc(O)cc2)nnc1-c1ccc(C(C)(C)C)cc1. The number of carbonyl (C=O) groups is 1. The first kappa shape index (κ1) is 23.5. The predicted molar refractivity (Wildman–Crippen MR) is 129 cm³/mol. The van der Waals surface area contributed by atoms with Gasteiger partial charge in [0.15, 0.2) is 11.0 Å². The Morgan fingerprint density at radius 1 is 1.09 bits per heavy atom. The normalized spacial score (nSPS) is 12.1. The molecule has 0 saturated carbocycles. The highest BCUT2D eigenvalue weighted by Crippen LogP contribution is 2.27. The van der Waals surface area contributed by atoms with Crippen LogP contribution in [0.5, 0.6) is 5.75 Å². The first-order valence-corrected chi connectivity index (χ1v) is 11.5. The number of aromatic hydroxyl groups is 1. The van der Waals surface area contributed by atoms with Gasteiger partial charge in [0, 0.05) is 12.1 Å². The Hall–Kier alpha value is -3.13. The van der Waals surface area contributed by atoms with Gasteiger partial charge in [0.1, 0.15) is 5.75 Å². The van der Waals surface area contributed by atoms with Gasteiger partial charge in [-0.1, -0.05) is 56.8 Å². The lowest BCUT2D eigenvalue weighted by Gasteiger charge is -2.19. The maximum Gasteiger partial charge on any atom is 0.250 e. The number of hydrazone groups is 1. The molecule has 0 aliphatic heterocycles. The first-order chi connectivity index (χ1) is 15.2. The lowest BCUT2D eigenvalue weighted by molar-refractivity contribution is -0.118. The minimum absolute atomic E-state index is 0.0917. The van der Waals surface area contributed by atoms with Gasteiger partial charge in [-0.2, -0.15) is 5.10 Å².